The minimum atomic E-state index is -5.00. The van der Waals surface area contributed by atoms with Crippen molar-refractivity contribution < 1.29 is 22.4 Å². The smallest absolute Gasteiger partial charge is 0.293 e. The number of nitrogens with zero attached hydrogens (tertiary/aromatic N) is 1. The predicted molar refractivity (Wildman–Crippen MR) is 51.2 cm³/mol. The Kier molecular flexibility index (Phi) is 3.73. The molecule has 0 aliphatic carbocycles. The molecule has 2 nitrogen and oxygen atoms in total. The zero-order valence-corrected chi connectivity index (χ0v) is 8.86. The number of rotatable bonds is 2. The number of benzene rings is 1. The number of halogens is 5. The summed E-state index contributed by atoms with van der Waals surface area (Å²) in [4.78, 5) is 11.2. The van der Waals surface area contributed by atoms with Crippen LogP contribution in [0.3, 0.4) is 0 Å². The molecule has 0 radical (unpaired) electrons. The lowest BCUT2D eigenvalue weighted by Crippen LogP contribution is -2.18. The van der Waals surface area contributed by atoms with Crippen LogP contribution in [-0.4, -0.2) is 11.7 Å². The molecule has 0 bridgehead atoms. The summed E-state index contributed by atoms with van der Waals surface area (Å²) in [6.07, 6.45) is -5.00. The first kappa shape index (κ1) is 13.5. The van der Waals surface area contributed by atoms with Crippen molar-refractivity contribution in [3.8, 4) is 6.07 Å². The van der Waals surface area contributed by atoms with Gasteiger partial charge in [0.05, 0.1) is 28.6 Å². The van der Waals surface area contributed by atoms with Crippen LogP contribution in [0.1, 0.15) is 21.5 Å². The van der Waals surface area contributed by atoms with E-state index in [1.54, 1.807) is 0 Å². The van der Waals surface area contributed by atoms with Crippen LogP contribution >= 0.6 is 11.6 Å². The maximum Gasteiger partial charge on any atom is 0.418 e. The number of carbonyl (C=O) groups excluding carboxylic acids is 1. The summed E-state index contributed by atoms with van der Waals surface area (Å²) in [6.45, 7) is 0. The van der Waals surface area contributed by atoms with E-state index in [9.17, 15) is 22.4 Å². The zero-order valence-electron chi connectivity index (χ0n) is 8.11. The molecule has 0 unspecified atom stereocenters. The standard InChI is InChI=1S/C10H4ClF4NO/c11-3-7(17)8-6(12)2-1-5(4-16)9(8)10(13,14)15/h1-2H,3H2. The van der Waals surface area contributed by atoms with E-state index in [2.05, 4.69) is 0 Å². The first-order valence-corrected chi connectivity index (χ1v) is 4.75. The van der Waals surface area contributed by atoms with E-state index in [0.717, 1.165) is 0 Å². The molecule has 0 aliphatic heterocycles. The molecular formula is C10H4ClF4NO. The van der Waals surface area contributed by atoms with Gasteiger partial charge in [-0.3, -0.25) is 4.79 Å². The highest BCUT2D eigenvalue weighted by Crippen LogP contribution is 2.36. The number of nitriles is 1. The molecule has 0 atom stereocenters. The Hall–Kier alpha value is -1.61. The highest BCUT2D eigenvalue weighted by molar-refractivity contribution is 6.30. The van der Waals surface area contributed by atoms with Gasteiger partial charge < -0.3 is 0 Å². The second-order valence-corrected chi connectivity index (χ2v) is 3.28. The summed E-state index contributed by atoms with van der Waals surface area (Å²) in [5.41, 5.74) is -3.58. The Bertz CT molecular complexity index is 504. The third-order valence-electron chi connectivity index (χ3n) is 1.96. The molecule has 90 valence electrons. The fourth-order valence-electron chi connectivity index (χ4n) is 1.30. The van der Waals surface area contributed by atoms with Crippen molar-refractivity contribution in [2.75, 3.05) is 5.88 Å². The molecule has 1 aromatic carbocycles. The fraction of sp³-hybridized carbons (Fsp3) is 0.200. The monoisotopic (exact) mass is 265 g/mol. The molecule has 0 spiro atoms. The van der Waals surface area contributed by atoms with Crippen LogP contribution in [-0.2, 0) is 6.18 Å². The van der Waals surface area contributed by atoms with Gasteiger partial charge in [0.1, 0.15) is 5.82 Å². The molecule has 0 saturated heterocycles. The predicted octanol–water partition coefficient (Wildman–Crippen LogP) is 3.14. The average molecular weight is 266 g/mol. The summed E-state index contributed by atoms with van der Waals surface area (Å²) in [6, 6.07) is 2.57. The number of hydrogen-bond acceptors (Lipinski definition) is 2. The summed E-state index contributed by atoms with van der Waals surface area (Å²) in [7, 11) is 0. The second kappa shape index (κ2) is 4.72. The van der Waals surface area contributed by atoms with Crippen molar-refractivity contribution in [1.82, 2.24) is 0 Å². The number of ketones is 1. The van der Waals surface area contributed by atoms with E-state index in [1.165, 1.54) is 6.07 Å². The van der Waals surface area contributed by atoms with Gasteiger partial charge >= 0.3 is 6.18 Å². The van der Waals surface area contributed by atoms with Crippen LogP contribution in [0.15, 0.2) is 12.1 Å². The Morgan fingerprint density at radius 1 is 1.41 bits per heavy atom. The molecule has 0 amide bonds. The van der Waals surface area contributed by atoms with Crippen LogP contribution in [0.25, 0.3) is 0 Å². The lowest BCUT2D eigenvalue weighted by atomic mass is 9.98. The van der Waals surface area contributed by atoms with Gasteiger partial charge in [-0.15, -0.1) is 11.6 Å². The molecule has 7 heteroatoms. The second-order valence-electron chi connectivity index (χ2n) is 3.01. The Morgan fingerprint density at radius 3 is 2.41 bits per heavy atom. The van der Waals surface area contributed by atoms with E-state index in [1.807, 2.05) is 0 Å². The minimum Gasteiger partial charge on any atom is -0.293 e. The summed E-state index contributed by atoms with van der Waals surface area (Å²) < 4.78 is 51.2. The molecular weight excluding hydrogens is 262 g/mol. The third-order valence-corrected chi connectivity index (χ3v) is 2.20. The van der Waals surface area contributed by atoms with Crippen molar-refractivity contribution in [2.45, 2.75) is 6.18 Å². The van der Waals surface area contributed by atoms with E-state index >= 15 is 0 Å². The lowest BCUT2D eigenvalue weighted by Gasteiger charge is -2.13. The molecule has 17 heavy (non-hydrogen) atoms. The van der Waals surface area contributed by atoms with Crippen molar-refractivity contribution in [1.29, 1.82) is 5.26 Å². The van der Waals surface area contributed by atoms with Gasteiger partial charge in [-0.2, -0.15) is 18.4 Å². The first-order chi connectivity index (χ1) is 7.82. The third kappa shape index (κ3) is 2.56. The number of alkyl halides is 4. The molecule has 0 saturated carbocycles. The van der Waals surface area contributed by atoms with Gasteiger partial charge in [0.25, 0.3) is 0 Å². The van der Waals surface area contributed by atoms with Crippen molar-refractivity contribution >= 4 is 17.4 Å². The molecule has 1 rings (SSSR count). The number of carbonyl (C=O) groups is 1. The topological polar surface area (TPSA) is 40.9 Å². The molecule has 1 aromatic rings. The minimum absolute atomic E-state index is 0.633. The molecule has 0 aliphatic rings. The van der Waals surface area contributed by atoms with E-state index in [4.69, 9.17) is 16.9 Å². The van der Waals surface area contributed by atoms with E-state index in [-0.39, 0.29) is 0 Å². The summed E-state index contributed by atoms with van der Waals surface area (Å²) in [5.74, 6) is -3.36. The van der Waals surface area contributed by atoms with Crippen LogP contribution in [0.5, 0.6) is 0 Å². The van der Waals surface area contributed by atoms with Gasteiger partial charge in [-0.25, -0.2) is 4.39 Å². The summed E-state index contributed by atoms with van der Waals surface area (Å²) >= 11 is 5.11. The number of hydrogen-bond donors (Lipinski definition) is 0. The van der Waals surface area contributed by atoms with Gasteiger partial charge in [-0.1, -0.05) is 0 Å². The van der Waals surface area contributed by atoms with Gasteiger partial charge in [0.15, 0.2) is 5.78 Å². The Balaban J connectivity index is 3.68. The van der Waals surface area contributed by atoms with Crippen molar-refractivity contribution in [3.05, 3.63) is 34.6 Å². The zero-order chi connectivity index (χ0) is 13.2. The van der Waals surface area contributed by atoms with Crippen molar-refractivity contribution in [2.24, 2.45) is 0 Å². The normalized spacial score (nSPS) is 11.1. The number of Topliss-reactive ketones (excluding diaryl/α,β-unsaturated/α-hetero) is 1. The van der Waals surface area contributed by atoms with Gasteiger partial charge in [0.2, 0.25) is 0 Å². The molecule has 0 heterocycles. The summed E-state index contributed by atoms with van der Waals surface area (Å²) in [5, 5.41) is 8.53. The van der Waals surface area contributed by atoms with Crippen LogP contribution in [0.4, 0.5) is 17.6 Å². The van der Waals surface area contributed by atoms with Crippen LogP contribution < -0.4 is 0 Å². The quantitative estimate of drug-likeness (QED) is 0.468. The van der Waals surface area contributed by atoms with Crippen LogP contribution in [0.2, 0.25) is 0 Å². The Labute approximate surface area is 98.4 Å². The first-order valence-electron chi connectivity index (χ1n) is 4.22. The molecule has 0 N–H and O–H groups in total. The van der Waals surface area contributed by atoms with Gasteiger partial charge in [-0.05, 0) is 12.1 Å². The van der Waals surface area contributed by atoms with Gasteiger partial charge in [0, 0.05) is 0 Å². The molecule has 0 fully saturated rings. The van der Waals surface area contributed by atoms with Crippen LogP contribution in [0, 0.1) is 17.1 Å². The highest BCUT2D eigenvalue weighted by atomic mass is 35.5. The lowest BCUT2D eigenvalue weighted by molar-refractivity contribution is -0.138. The fourth-order valence-corrected chi connectivity index (χ4v) is 1.44. The van der Waals surface area contributed by atoms with E-state index in [0.29, 0.717) is 12.1 Å². The van der Waals surface area contributed by atoms with Crippen molar-refractivity contribution in [3.63, 3.8) is 0 Å². The molecule has 0 aromatic heterocycles. The Morgan fingerprint density at radius 2 is 2.00 bits per heavy atom. The largest absolute Gasteiger partial charge is 0.418 e. The highest BCUT2D eigenvalue weighted by Gasteiger charge is 2.39. The SMILES string of the molecule is N#Cc1ccc(F)c(C(=O)CCl)c1C(F)(F)F. The average Bonchev–Trinajstić information content (AvgIpc) is 2.26. The maximum atomic E-state index is 13.2. The maximum absolute atomic E-state index is 13.2. The van der Waals surface area contributed by atoms with E-state index < -0.39 is 40.3 Å².